The summed E-state index contributed by atoms with van der Waals surface area (Å²) in [5.41, 5.74) is 6.69. The van der Waals surface area contributed by atoms with Crippen LogP contribution in [0, 0.1) is 0 Å². The van der Waals surface area contributed by atoms with Gasteiger partial charge in [-0.1, -0.05) is 18.5 Å². The second-order valence-corrected chi connectivity index (χ2v) is 4.03. The lowest BCUT2D eigenvalue weighted by Gasteiger charge is -2.20. The lowest BCUT2D eigenvalue weighted by Crippen LogP contribution is -2.31. The Hall–Kier alpha value is -1.22. The van der Waals surface area contributed by atoms with Crippen molar-refractivity contribution in [1.82, 2.24) is 4.90 Å². The summed E-state index contributed by atoms with van der Waals surface area (Å²) in [7, 11) is 0. The quantitative estimate of drug-likeness (QED) is 0.823. The van der Waals surface area contributed by atoms with E-state index in [2.05, 4.69) is 0 Å². The average molecular weight is 241 g/mol. The molecule has 0 aliphatic carbocycles. The molecule has 0 unspecified atom stereocenters. The maximum atomic E-state index is 12.1. The van der Waals surface area contributed by atoms with E-state index >= 15 is 0 Å². The van der Waals surface area contributed by atoms with Crippen LogP contribution in [0.5, 0.6) is 0 Å². The fourth-order valence-corrected chi connectivity index (χ4v) is 1.70. The van der Waals surface area contributed by atoms with Gasteiger partial charge in [0.2, 0.25) is 0 Å². The molecule has 1 aromatic carbocycles. The molecule has 3 nitrogen and oxygen atoms in total. The van der Waals surface area contributed by atoms with E-state index in [-0.39, 0.29) is 5.91 Å². The maximum Gasteiger partial charge on any atom is 0.253 e. The summed E-state index contributed by atoms with van der Waals surface area (Å²) in [6, 6.07) is 4.99. The highest BCUT2D eigenvalue weighted by Crippen LogP contribution is 2.20. The molecule has 0 heterocycles. The first-order valence-corrected chi connectivity index (χ1v) is 5.82. The standard InChI is InChI=1S/C12H17ClN2O/c1-3-7-15(4-2)12(16)9-5-6-11(14)10(13)8-9/h5-6,8H,3-4,7,14H2,1-2H3. The molecule has 0 aliphatic rings. The first-order chi connectivity index (χ1) is 7.60. The van der Waals surface area contributed by atoms with Gasteiger partial charge in [0, 0.05) is 18.7 Å². The predicted molar refractivity (Wildman–Crippen MR) is 67.7 cm³/mol. The van der Waals surface area contributed by atoms with E-state index in [0.29, 0.717) is 22.8 Å². The summed E-state index contributed by atoms with van der Waals surface area (Å²) in [5, 5.41) is 0.429. The molecule has 0 saturated carbocycles. The number of nitrogens with zero attached hydrogens (tertiary/aromatic N) is 1. The van der Waals surface area contributed by atoms with Gasteiger partial charge >= 0.3 is 0 Å². The minimum Gasteiger partial charge on any atom is -0.398 e. The summed E-state index contributed by atoms with van der Waals surface area (Å²) < 4.78 is 0. The molecule has 1 rings (SSSR count). The minimum absolute atomic E-state index is 0.00579. The molecule has 0 saturated heterocycles. The number of carbonyl (C=O) groups is 1. The summed E-state index contributed by atoms with van der Waals surface area (Å²) in [6.45, 7) is 5.48. The van der Waals surface area contributed by atoms with Gasteiger partial charge in [-0.05, 0) is 31.5 Å². The highest BCUT2D eigenvalue weighted by Gasteiger charge is 2.13. The molecule has 0 bridgehead atoms. The molecule has 2 N–H and O–H groups in total. The molecule has 4 heteroatoms. The molecule has 1 aromatic rings. The van der Waals surface area contributed by atoms with Gasteiger partial charge < -0.3 is 10.6 Å². The van der Waals surface area contributed by atoms with Gasteiger partial charge in [0.1, 0.15) is 0 Å². The van der Waals surface area contributed by atoms with Gasteiger partial charge in [0.05, 0.1) is 10.7 Å². The fourth-order valence-electron chi connectivity index (χ4n) is 1.52. The number of hydrogen-bond acceptors (Lipinski definition) is 2. The van der Waals surface area contributed by atoms with Gasteiger partial charge in [-0.3, -0.25) is 4.79 Å². The average Bonchev–Trinajstić information content (AvgIpc) is 2.28. The van der Waals surface area contributed by atoms with Crippen molar-refractivity contribution in [3.05, 3.63) is 28.8 Å². The van der Waals surface area contributed by atoms with Crippen molar-refractivity contribution >= 4 is 23.2 Å². The molecular formula is C12H17ClN2O. The van der Waals surface area contributed by atoms with Crippen LogP contribution in [0.4, 0.5) is 5.69 Å². The van der Waals surface area contributed by atoms with Crippen LogP contribution >= 0.6 is 11.6 Å². The first-order valence-electron chi connectivity index (χ1n) is 5.44. The number of amides is 1. The van der Waals surface area contributed by atoms with Gasteiger partial charge in [-0.2, -0.15) is 0 Å². The molecule has 0 spiro atoms. The van der Waals surface area contributed by atoms with Crippen molar-refractivity contribution in [2.75, 3.05) is 18.8 Å². The topological polar surface area (TPSA) is 46.3 Å². The first kappa shape index (κ1) is 12.8. The van der Waals surface area contributed by atoms with E-state index in [0.717, 1.165) is 13.0 Å². The highest BCUT2D eigenvalue weighted by atomic mass is 35.5. The number of halogens is 1. The van der Waals surface area contributed by atoms with Crippen molar-refractivity contribution in [1.29, 1.82) is 0 Å². The third-order valence-corrected chi connectivity index (χ3v) is 2.74. The largest absolute Gasteiger partial charge is 0.398 e. The molecule has 1 amide bonds. The van der Waals surface area contributed by atoms with Crippen LogP contribution in [0.25, 0.3) is 0 Å². The van der Waals surface area contributed by atoms with Crippen molar-refractivity contribution in [2.24, 2.45) is 0 Å². The molecule has 0 atom stereocenters. The molecule has 0 fully saturated rings. The zero-order valence-corrected chi connectivity index (χ0v) is 10.4. The SMILES string of the molecule is CCCN(CC)C(=O)c1ccc(N)c(Cl)c1. The van der Waals surface area contributed by atoms with Crippen LogP contribution in [0.2, 0.25) is 5.02 Å². The lowest BCUT2D eigenvalue weighted by molar-refractivity contribution is 0.0764. The van der Waals surface area contributed by atoms with Crippen molar-refractivity contribution in [3.8, 4) is 0 Å². The van der Waals surface area contributed by atoms with E-state index in [1.807, 2.05) is 13.8 Å². The Morgan fingerprint density at radius 1 is 1.44 bits per heavy atom. The van der Waals surface area contributed by atoms with Gasteiger partial charge in [-0.25, -0.2) is 0 Å². The normalized spacial score (nSPS) is 10.2. The Morgan fingerprint density at radius 3 is 2.62 bits per heavy atom. The minimum atomic E-state index is 0.00579. The van der Waals surface area contributed by atoms with Crippen LogP contribution in [-0.2, 0) is 0 Å². The zero-order chi connectivity index (χ0) is 12.1. The van der Waals surface area contributed by atoms with Gasteiger partial charge in [0.15, 0.2) is 0 Å². The van der Waals surface area contributed by atoms with Crippen LogP contribution < -0.4 is 5.73 Å². The molecule has 0 radical (unpaired) electrons. The van der Waals surface area contributed by atoms with E-state index < -0.39 is 0 Å². The Bertz CT molecular complexity index is 379. The zero-order valence-electron chi connectivity index (χ0n) is 9.66. The van der Waals surface area contributed by atoms with E-state index in [4.69, 9.17) is 17.3 Å². The molecule has 0 aliphatic heterocycles. The smallest absolute Gasteiger partial charge is 0.253 e. The van der Waals surface area contributed by atoms with E-state index in [1.165, 1.54) is 0 Å². The van der Waals surface area contributed by atoms with Gasteiger partial charge in [-0.15, -0.1) is 0 Å². The lowest BCUT2D eigenvalue weighted by atomic mass is 10.1. The van der Waals surface area contributed by atoms with E-state index in [1.54, 1.807) is 23.1 Å². The third kappa shape index (κ3) is 2.89. The second-order valence-electron chi connectivity index (χ2n) is 3.62. The van der Waals surface area contributed by atoms with Crippen molar-refractivity contribution in [2.45, 2.75) is 20.3 Å². The van der Waals surface area contributed by atoms with Crippen LogP contribution in [-0.4, -0.2) is 23.9 Å². The van der Waals surface area contributed by atoms with Crippen LogP contribution in [0.1, 0.15) is 30.6 Å². The van der Waals surface area contributed by atoms with Crippen LogP contribution in [0.15, 0.2) is 18.2 Å². The highest BCUT2D eigenvalue weighted by molar-refractivity contribution is 6.33. The van der Waals surface area contributed by atoms with Gasteiger partial charge in [0.25, 0.3) is 5.91 Å². The Balaban J connectivity index is 2.90. The molecular weight excluding hydrogens is 224 g/mol. The number of carbonyl (C=O) groups excluding carboxylic acids is 1. The van der Waals surface area contributed by atoms with Crippen molar-refractivity contribution in [3.63, 3.8) is 0 Å². The monoisotopic (exact) mass is 240 g/mol. The Morgan fingerprint density at radius 2 is 2.12 bits per heavy atom. The van der Waals surface area contributed by atoms with Crippen LogP contribution in [0.3, 0.4) is 0 Å². The van der Waals surface area contributed by atoms with Crippen molar-refractivity contribution < 1.29 is 4.79 Å². The molecule has 16 heavy (non-hydrogen) atoms. The fraction of sp³-hybridized carbons (Fsp3) is 0.417. The Labute approximate surface area is 101 Å². The summed E-state index contributed by atoms with van der Waals surface area (Å²) in [4.78, 5) is 13.8. The number of nitrogens with two attached hydrogens (primary N) is 1. The number of nitrogen functional groups attached to an aromatic ring is 1. The Kier molecular flexibility index (Phi) is 4.62. The summed E-state index contributed by atoms with van der Waals surface area (Å²) in [5.74, 6) is 0.00579. The summed E-state index contributed by atoms with van der Waals surface area (Å²) >= 11 is 5.89. The second kappa shape index (κ2) is 5.75. The number of hydrogen-bond donors (Lipinski definition) is 1. The number of benzene rings is 1. The third-order valence-electron chi connectivity index (χ3n) is 2.41. The van der Waals surface area contributed by atoms with E-state index in [9.17, 15) is 4.79 Å². The molecule has 88 valence electrons. The predicted octanol–water partition coefficient (Wildman–Crippen LogP) is 2.79. The number of rotatable bonds is 4. The summed E-state index contributed by atoms with van der Waals surface area (Å²) in [6.07, 6.45) is 0.947. The molecule has 0 aromatic heterocycles. The number of anilines is 1. The maximum absolute atomic E-state index is 12.1.